The first-order chi connectivity index (χ1) is 8.15. The van der Waals surface area contributed by atoms with E-state index in [2.05, 4.69) is 11.9 Å². The lowest BCUT2D eigenvalue weighted by Crippen LogP contribution is -2.04. The van der Waals surface area contributed by atoms with Crippen LogP contribution in [0.15, 0.2) is 18.3 Å². The van der Waals surface area contributed by atoms with Crippen LogP contribution in [0.3, 0.4) is 0 Å². The predicted octanol–water partition coefficient (Wildman–Crippen LogP) is 1.85. The average Bonchev–Trinajstić information content (AvgIpc) is 2.65. The number of pyridine rings is 1. The highest BCUT2D eigenvalue weighted by Gasteiger charge is 2.12. The number of esters is 1. The van der Waals surface area contributed by atoms with Crippen molar-refractivity contribution in [2.24, 2.45) is 7.05 Å². The second kappa shape index (κ2) is 4.57. The number of nitrogens with zero attached hydrogens (tertiary/aromatic N) is 2. The molecular formula is C13H16N2O2. The van der Waals surface area contributed by atoms with E-state index in [1.807, 2.05) is 29.9 Å². The molecule has 0 saturated carbocycles. The summed E-state index contributed by atoms with van der Waals surface area (Å²) in [7, 11) is 3.36. The SMILES string of the molecule is CCc1ccc2c(n1)c(CC(=O)OC)cn2C. The van der Waals surface area contributed by atoms with Gasteiger partial charge in [0.2, 0.25) is 0 Å². The van der Waals surface area contributed by atoms with E-state index >= 15 is 0 Å². The molecule has 4 nitrogen and oxygen atoms in total. The number of methoxy groups -OCH3 is 1. The van der Waals surface area contributed by atoms with Gasteiger partial charge in [0.15, 0.2) is 0 Å². The maximum Gasteiger partial charge on any atom is 0.310 e. The molecule has 0 fully saturated rings. The van der Waals surface area contributed by atoms with Crippen molar-refractivity contribution in [3.05, 3.63) is 29.6 Å². The molecule has 2 heterocycles. The van der Waals surface area contributed by atoms with E-state index in [-0.39, 0.29) is 12.4 Å². The standard InChI is InChI=1S/C13H16N2O2/c1-4-10-5-6-11-13(14-10)9(8-15(11)2)7-12(16)17-3/h5-6,8H,4,7H2,1-3H3. The quantitative estimate of drug-likeness (QED) is 0.759. The Bertz CT molecular complexity index is 558. The summed E-state index contributed by atoms with van der Waals surface area (Å²) in [6, 6.07) is 4.06. The van der Waals surface area contributed by atoms with Crippen molar-refractivity contribution >= 4 is 17.0 Å². The van der Waals surface area contributed by atoms with E-state index in [1.165, 1.54) is 7.11 Å². The van der Waals surface area contributed by atoms with Crippen LogP contribution in [0.2, 0.25) is 0 Å². The van der Waals surface area contributed by atoms with Gasteiger partial charge in [-0.3, -0.25) is 9.78 Å². The molecule has 4 heteroatoms. The van der Waals surface area contributed by atoms with Gasteiger partial charge in [0, 0.05) is 24.5 Å². The van der Waals surface area contributed by atoms with Gasteiger partial charge < -0.3 is 9.30 Å². The van der Waals surface area contributed by atoms with Crippen LogP contribution in [-0.2, 0) is 29.4 Å². The topological polar surface area (TPSA) is 44.1 Å². The molecular weight excluding hydrogens is 216 g/mol. The molecule has 0 saturated heterocycles. The summed E-state index contributed by atoms with van der Waals surface area (Å²) in [5.74, 6) is -0.235. The van der Waals surface area contributed by atoms with Crippen molar-refractivity contribution in [1.82, 2.24) is 9.55 Å². The lowest BCUT2D eigenvalue weighted by Gasteiger charge is -2.00. The van der Waals surface area contributed by atoms with Crippen LogP contribution < -0.4 is 0 Å². The highest BCUT2D eigenvalue weighted by molar-refractivity contribution is 5.84. The van der Waals surface area contributed by atoms with Gasteiger partial charge in [0.25, 0.3) is 0 Å². The van der Waals surface area contributed by atoms with Gasteiger partial charge in [-0.2, -0.15) is 0 Å². The van der Waals surface area contributed by atoms with Gasteiger partial charge in [-0.1, -0.05) is 6.92 Å². The molecule has 2 aromatic rings. The molecule has 0 aliphatic heterocycles. The van der Waals surface area contributed by atoms with Crippen LogP contribution in [0.25, 0.3) is 11.0 Å². The van der Waals surface area contributed by atoms with Crippen molar-refractivity contribution in [2.75, 3.05) is 7.11 Å². The van der Waals surface area contributed by atoms with Crippen LogP contribution in [0, 0.1) is 0 Å². The fourth-order valence-electron chi connectivity index (χ4n) is 1.93. The zero-order valence-electron chi connectivity index (χ0n) is 10.4. The average molecular weight is 232 g/mol. The molecule has 17 heavy (non-hydrogen) atoms. The van der Waals surface area contributed by atoms with Gasteiger partial charge in [-0.15, -0.1) is 0 Å². The lowest BCUT2D eigenvalue weighted by molar-refractivity contribution is -0.139. The highest BCUT2D eigenvalue weighted by atomic mass is 16.5. The minimum atomic E-state index is -0.235. The van der Waals surface area contributed by atoms with Crippen molar-refractivity contribution < 1.29 is 9.53 Å². The molecule has 90 valence electrons. The summed E-state index contributed by atoms with van der Waals surface area (Å²) in [6.07, 6.45) is 3.10. The molecule has 0 unspecified atom stereocenters. The summed E-state index contributed by atoms with van der Waals surface area (Å²) < 4.78 is 6.68. The lowest BCUT2D eigenvalue weighted by atomic mass is 10.2. The largest absolute Gasteiger partial charge is 0.469 e. The van der Waals surface area contributed by atoms with Crippen molar-refractivity contribution in [1.29, 1.82) is 0 Å². The summed E-state index contributed by atoms with van der Waals surface area (Å²) in [5, 5.41) is 0. The number of hydrogen-bond donors (Lipinski definition) is 0. The number of rotatable bonds is 3. The number of fused-ring (bicyclic) bond motifs is 1. The van der Waals surface area contributed by atoms with E-state index in [0.29, 0.717) is 0 Å². The first-order valence-corrected chi connectivity index (χ1v) is 5.66. The fourth-order valence-corrected chi connectivity index (χ4v) is 1.93. The molecule has 0 atom stereocenters. The van der Waals surface area contributed by atoms with Crippen LogP contribution in [-0.4, -0.2) is 22.6 Å². The van der Waals surface area contributed by atoms with Gasteiger partial charge in [-0.05, 0) is 18.6 Å². The molecule has 0 aromatic carbocycles. The molecule has 0 aliphatic rings. The summed E-state index contributed by atoms with van der Waals surface area (Å²) in [6.45, 7) is 2.07. The molecule has 0 amide bonds. The van der Waals surface area contributed by atoms with E-state index in [0.717, 1.165) is 28.7 Å². The zero-order chi connectivity index (χ0) is 12.4. The van der Waals surface area contributed by atoms with E-state index < -0.39 is 0 Å². The van der Waals surface area contributed by atoms with Crippen LogP contribution in [0.1, 0.15) is 18.2 Å². The Labute approximate surface area is 100 Å². The molecule has 0 bridgehead atoms. The van der Waals surface area contributed by atoms with E-state index in [9.17, 15) is 4.79 Å². The Morgan fingerprint density at radius 1 is 1.47 bits per heavy atom. The monoisotopic (exact) mass is 232 g/mol. The minimum Gasteiger partial charge on any atom is -0.469 e. The summed E-state index contributed by atoms with van der Waals surface area (Å²) in [4.78, 5) is 15.9. The normalized spacial score (nSPS) is 10.8. The first kappa shape index (κ1) is 11.6. The zero-order valence-corrected chi connectivity index (χ0v) is 10.4. The second-order valence-electron chi connectivity index (χ2n) is 4.04. The van der Waals surface area contributed by atoms with Crippen molar-refractivity contribution in [2.45, 2.75) is 19.8 Å². The first-order valence-electron chi connectivity index (χ1n) is 5.66. The fraction of sp³-hybridized carbons (Fsp3) is 0.385. The van der Waals surface area contributed by atoms with Crippen LogP contribution >= 0.6 is 0 Å². The molecule has 2 rings (SSSR count). The van der Waals surface area contributed by atoms with Crippen LogP contribution in [0.4, 0.5) is 0 Å². The number of ether oxygens (including phenoxy) is 1. The smallest absolute Gasteiger partial charge is 0.310 e. The van der Waals surface area contributed by atoms with E-state index in [4.69, 9.17) is 4.74 Å². The number of hydrogen-bond acceptors (Lipinski definition) is 3. The number of carbonyl (C=O) groups is 1. The maximum absolute atomic E-state index is 11.3. The number of aryl methyl sites for hydroxylation is 2. The van der Waals surface area contributed by atoms with Crippen molar-refractivity contribution in [3.8, 4) is 0 Å². The summed E-state index contributed by atoms with van der Waals surface area (Å²) in [5.41, 5.74) is 3.90. The van der Waals surface area contributed by atoms with Crippen LogP contribution in [0.5, 0.6) is 0 Å². The molecule has 0 radical (unpaired) electrons. The third-order valence-corrected chi connectivity index (χ3v) is 2.89. The Hall–Kier alpha value is -1.84. The van der Waals surface area contributed by atoms with E-state index in [1.54, 1.807) is 0 Å². The molecule has 2 aromatic heterocycles. The Morgan fingerprint density at radius 2 is 2.24 bits per heavy atom. The minimum absolute atomic E-state index is 0.235. The Balaban J connectivity index is 2.51. The van der Waals surface area contributed by atoms with Gasteiger partial charge in [0.05, 0.1) is 24.6 Å². The summed E-state index contributed by atoms with van der Waals surface area (Å²) >= 11 is 0. The highest BCUT2D eigenvalue weighted by Crippen LogP contribution is 2.20. The third kappa shape index (κ3) is 2.16. The van der Waals surface area contributed by atoms with Gasteiger partial charge >= 0.3 is 5.97 Å². The number of aromatic nitrogens is 2. The van der Waals surface area contributed by atoms with Gasteiger partial charge in [0.1, 0.15) is 0 Å². The molecule has 0 spiro atoms. The Kier molecular flexibility index (Phi) is 3.13. The van der Waals surface area contributed by atoms with Crippen molar-refractivity contribution in [3.63, 3.8) is 0 Å². The predicted molar refractivity (Wildman–Crippen MR) is 65.8 cm³/mol. The second-order valence-corrected chi connectivity index (χ2v) is 4.04. The maximum atomic E-state index is 11.3. The Morgan fingerprint density at radius 3 is 2.88 bits per heavy atom. The molecule has 0 aliphatic carbocycles. The van der Waals surface area contributed by atoms with Gasteiger partial charge in [-0.25, -0.2) is 0 Å². The number of carbonyl (C=O) groups excluding carboxylic acids is 1. The molecule has 0 N–H and O–H groups in total. The third-order valence-electron chi connectivity index (χ3n) is 2.89.